The van der Waals surface area contributed by atoms with Gasteiger partial charge in [0.05, 0.1) is 14.2 Å². The summed E-state index contributed by atoms with van der Waals surface area (Å²) in [4.78, 5) is 41.8. The molecular weight excluding hydrogens is 446 g/mol. The molecule has 2 aliphatic rings. The van der Waals surface area contributed by atoms with Crippen LogP contribution < -0.4 is 14.8 Å². The second kappa shape index (κ2) is 10.8. The van der Waals surface area contributed by atoms with E-state index in [1.807, 2.05) is 41.3 Å². The molecule has 0 aliphatic carbocycles. The van der Waals surface area contributed by atoms with E-state index in [1.54, 1.807) is 26.2 Å². The SMILES string of the molecule is CNC(=O)[C@@H]1Cc2cc(OC)c(OC)cc2CN1C(=O)CCCCCN1Cc2ccccc2C1=O. The van der Waals surface area contributed by atoms with Crippen LogP contribution in [0.5, 0.6) is 11.5 Å². The Balaban J connectivity index is 1.33. The summed E-state index contributed by atoms with van der Waals surface area (Å²) in [6.07, 6.45) is 3.18. The molecular formula is C27H33N3O5. The number of nitrogens with one attached hydrogen (secondary N) is 1. The molecule has 1 N–H and O–H groups in total. The van der Waals surface area contributed by atoms with E-state index < -0.39 is 6.04 Å². The van der Waals surface area contributed by atoms with Crippen LogP contribution in [0, 0.1) is 0 Å². The Hall–Kier alpha value is -3.55. The number of carbonyl (C=O) groups is 3. The molecule has 3 amide bonds. The van der Waals surface area contributed by atoms with Gasteiger partial charge in [0.15, 0.2) is 11.5 Å². The predicted molar refractivity (Wildman–Crippen MR) is 131 cm³/mol. The number of amides is 3. The van der Waals surface area contributed by atoms with Crippen LogP contribution in [0.15, 0.2) is 36.4 Å². The number of fused-ring (bicyclic) bond motifs is 2. The van der Waals surface area contributed by atoms with Crippen LogP contribution in [0.3, 0.4) is 0 Å². The van der Waals surface area contributed by atoms with Crippen LogP contribution in [0.2, 0.25) is 0 Å². The third-order valence-corrected chi connectivity index (χ3v) is 6.92. The van der Waals surface area contributed by atoms with Gasteiger partial charge in [0.2, 0.25) is 11.8 Å². The van der Waals surface area contributed by atoms with E-state index in [0.29, 0.717) is 50.4 Å². The summed E-state index contributed by atoms with van der Waals surface area (Å²) in [6, 6.07) is 10.9. The lowest BCUT2D eigenvalue weighted by atomic mass is 9.92. The molecule has 1 atom stereocenters. The first-order valence-corrected chi connectivity index (χ1v) is 12.1. The summed E-state index contributed by atoms with van der Waals surface area (Å²) in [5.74, 6) is 1.09. The molecule has 0 radical (unpaired) electrons. The number of rotatable bonds is 9. The van der Waals surface area contributed by atoms with E-state index in [0.717, 1.165) is 35.1 Å². The lowest BCUT2D eigenvalue weighted by Gasteiger charge is -2.36. The molecule has 8 nitrogen and oxygen atoms in total. The monoisotopic (exact) mass is 479 g/mol. The number of carbonyl (C=O) groups excluding carboxylic acids is 3. The molecule has 0 fully saturated rings. The second-order valence-electron chi connectivity index (χ2n) is 9.03. The number of hydrogen-bond acceptors (Lipinski definition) is 5. The first kappa shape index (κ1) is 24.6. The van der Waals surface area contributed by atoms with E-state index in [1.165, 1.54) is 0 Å². The first-order valence-electron chi connectivity index (χ1n) is 12.1. The molecule has 2 aromatic carbocycles. The van der Waals surface area contributed by atoms with Crippen molar-refractivity contribution in [1.82, 2.24) is 15.1 Å². The van der Waals surface area contributed by atoms with Crippen molar-refractivity contribution in [3.05, 3.63) is 58.7 Å². The molecule has 0 aromatic heterocycles. The van der Waals surface area contributed by atoms with Crippen molar-refractivity contribution >= 4 is 17.7 Å². The predicted octanol–water partition coefficient (Wildman–Crippen LogP) is 2.92. The average Bonchev–Trinajstić information content (AvgIpc) is 3.21. The Kier molecular flexibility index (Phi) is 7.58. The number of likely N-dealkylation sites (N-methyl/N-ethyl adjacent to an activating group) is 1. The van der Waals surface area contributed by atoms with Gasteiger partial charge in [0.1, 0.15) is 6.04 Å². The fourth-order valence-electron chi connectivity index (χ4n) is 4.97. The van der Waals surface area contributed by atoms with Gasteiger partial charge in [-0.3, -0.25) is 14.4 Å². The van der Waals surface area contributed by atoms with Crippen molar-refractivity contribution in [3.8, 4) is 11.5 Å². The fourth-order valence-corrected chi connectivity index (χ4v) is 4.97. The van der Waals surface area contributed by atoms with Crippen molar-refractivity contribution < 1.29 is 23.9 Å². The smallest absolute Gasteiger partial charge is 0.254 e. The highest BCUT2D eigenvalue weighted by Gasteiger charge is 2.34. The zero-order chi connectivity index (χ0) is 24.9. The van der Waals surface area contributed by atoms with Gasteiger partial charge in [0, 0.05) is 45.1 Å². The lowest BCUT2D eigenvalue weighted by molar-refractivity contribution is -0.141. The minimum atomic E-state index is -0.557. The molecule has 0 saturated heterocycles. The molecule has 8 heteroatoms. The van der Waals surface area contributed by atoms with E-state index in [2.05, 4.69) is 5.32 Å². The Labute approximate surface area is 206 Å². The summed E-state index contributed by atoms with van der Waals surface area (Å²) in [5.41, 5.74) is 3.81. The highest BCUT2D eigenvalue weighted by atomic mass is 16.5. The van der Waals surface area contributed by atoms with Crippen LogP contribution in [0.4, 0.5) is 0 Å². The van der Waals surface area contributed by atoms with Crippen LogP contribution in [0.25, 0.3) is 0 Å². The Morgan fingerprint density at radius 1 is 0.971 bits per heavy atom. The molecule has 2 heterocycles. The highest BCUT2D eigenvalue weighted by Crippen LogP contribution is 2.35. The standard InChI is InChI=1S/C27H33N3O5/c1-28-26(32)22-13-19-14-23(34-2)24(35-3)15-20(19)17-30(22)25(31)11-5-4-8-12-29-16-18-9-6-7-10-21(18)27(29)33/h6-7,9-10,14-15,22H,4-5,8,11-13,16-17H2,1-3H3,(H,28,32)/t22-/m0/s1. The number of hydrogen-bond donors (Lipinski definition) is 1. The lowest BCUT2D eigenvalue weighted by Crippen LogP contribution is -2.51. The molecule has 2 aromatic rings. The van der Waals surface area contributed by atoms with E-state index in [9.17, 15) is 14.4 Å². The summed E-state index contributed by atoms with van der Waals surface area (Å²) >= 11 is 0. The van der Waals surface area contributed by atoms with E-state index in [-0.39, 0.29) is 17.7 Å². The van der Waals surface area contributed by atoms with Crippen molar-refractivity contribution in [3.63, 3.8) is 0 Å². The largest absolute Gasteiger partial charge is 0.493 e. The van der Waals surface area contributed by atoms with Crippen LogP contribution >= 0.6 is 0 Å². The molecule has 2 aliphatic heterocycles. The molecule has 35 heavy (non-hydrogen) atoms. The number of methoxy groups -OCH3 is 2. The molecule has 0 unspecified atom stereocenters. The van der Waals surface area contributed by atoms with Crippen molar-refractivity contribution in [2.75, 3.05) is 27.8 Å². The van der Waals surface area contributed by atoms with Gasteiger partial charge in [-0.1, -0.05) is 24.6 Å². The van der Waals surface area contributed by atoms with Gasteiger partial charge in [-0.15, -0.1) is 0 Å². The topological polar surface area (TPSA) is 88.2 Å². The number of ether oxygens (including phenoxy) is 2. The van der Waals surface area contributed by atoms with Gasteiger partial charge >= 0.3 is 0 Å². The molecule has 0 bridgehead atoms. The summed E-state index contributed by atoms with van der Waals surface area (Å²) in [6.45, 7) is 1.69. The fraction of sp³-hybridized carbons (Fsp3) is 0.444. The maximum Gasteiger partial charge on any atom is 0.254 e. The minimum Gasteiger partial charge on any atom is -0.493 e. The summed E-state index contributed by atoms with van der Waals surface area (Å²) < 4.78 is 10.8. The van der Waals surface area contributed by atoms with Crippen molar-refractivity contribution in [1.29, 1.82) is 0 Å². The Morgan fingerprint density at radius 2 is 1.69 bits per heavy atom. The van der Waals surface area contributed by atoms with Crippen LogP contribution in [-0.2, 0) is 29.1 Å². The number of unbranched alkanes of at least 4 members (excludes halogenated alkanes) is 2. The maximum atomic E-state index is 13.2. The van der Waals surface area contributed by atoms with E-state index in [4.69, 9.17) is 9.47 Å². The normalized spacial score (nSPS) is 16.5. The maximum absolute atomic E-state index is 13.2. The number of nitrogens with zero attached hydrogens (tertiary/aromatic N) is 2. The first-order chi connectivity index (χ1) is 17.0. The minimum absolute atomic E-state index is 0.0383. The van der Waals surface area contributed by atoms with Crippen LogP contribution in [0.1, 0.15) is 52.7 Å². The molecule has 0 saturated carbocycles. The van der Waals surface area contributed by atoms with Crippen LogP contribution in [-0.4, -0.2) is 61.4 Å². The third-order valence-electron chi connectivity index (χ3n) is 6.92. The van der Waals surface area contributed by atoms with Crippen molar-refractivity contribution in [2.45, 2.75) is 51.2 Å². The molecule has 0 spiro atoms. The summed E-state index contributed by atoms with van der Waals surface area (Å²) in [7, 11) is 4.75. The summed E-state index contributed by atoms with van der Waals surface area (Å²) in [5, 5.41) is 2.69. The highest BCUT2D eigenvalue weighted by molar-refractivity contribution is 5.98. The zero-order valence-corrected chi connectivity index (χ0v) is 20.6. The quantitative estimate of drug-likeness (QED) is 0.559. The molecule has 186 valence electrons. The van der Waals surface area contributed by atoms with Gasteiger partial charge in [-0.2, -0.15) is 0 Å². The van der Waals surface area contributed by atoms with Gasteiger partial charge < -0.3 is 24.6 Å². The van der Waals surface area contributed by atoms with Gasteiger partial charge in [0.25, 0.3) is 5.91 Å². The Morgan fingerprint density at radius 3 is 2.37 bits per heavy atom. The van der Waals surface area contributed by atoms with Gasteiger partial charge in [-0.05, 0) is 47.7 Å². The zero-order valence-electron chi connectivity index (χ0n) is 20.6. The third kappa shape index (κ3) is 5.11. The van der Waals surface area contributed by atoms with Gasteiger partial charge in [-0.25, -0.2) is 0 Å². The number of benzene rings is 2. The van der Waals surface area contributed by atoms with Crippen molar-refractivity contribution in [2.24, 2.45) is 0 Å². The second-order valence-corrected chi connectivity index (χ2v) is 9.03. The van der Waals surface area contributed by atoms with E-state index >= 15 is 0 Å². The molecule has 4 rings (SSSR count). The average molecular weight is 480 g/mol. The Bertz CT molecular complexity index is 1120.